The minimum Gasteiger partial charge on any atom is -0.430 e. The molecular formula is C8H16ClNO2. The van der Waals surface area contributed by atoms with Gasteiger partial charge in [0.2, 0.25) is 0 Å². The van der Waals surface area contributed by atoms with Crippen LogP contribution in [0.1, 0.15) is 34.1 Å². The van der Waals surface area contributed by atoms with Crippen molar-refractivity contribution < 1.29 is 9.53 Å². The summed E-state index contributed by atoms with van der Waals surface area (Å²) in [6.07, 6.45) is 0.142. The van der Waals surface area contributed by atoms with Gasteiger partial charge in [0.15, 0.2) is 5.56 Å². The van der Waals surface area contributed by atoms with Crippen LogP contribution in [0.15, 0.2) is 0 Å². The summed E-state index contributed by atoms with van der Waals surface area (Å²) >= 11 is 5.61. The fourth-order valence-corrected chi connectivity index (χ4v) is 0.616. The molecule has 0 aromatic carbocycles. The normalized spacial score (nSPS) is 13.8. The van der Waals surface area contributed by atoms with Crippen molar-refractivity contribution in [1.82, 2.24) is 5.32 Å². The molecule has 3 nitrogen and oxygen atoms in total. The Morgan fingerprint density at radius 3 is 2.42 bits per heavy atom. The van der Waals surface area contributed by atoms with Crippen LogP contribution < -0.4 is 5.32 Å². The number of ether oxygens (including phenoxy) is 1. The van der Waals surface area contributed by atoms with Crippen LogP contribution in [-0.4, -0.2) is 17.2 Å². The molecule has 0 aliphatic heterocycles. The molecule has 0 fully saturated rings. The standard InChI is InChI=1S/C8H16ClNO2/c1-5-6(9)12-7(11)10-8(2,3)4/h6H,5H2,1-4H3,(H,10,11). The molecule has 0 heterocycles. The first-order valence-electron chi connectivity index (χ1n) is 3.98. The molecule has 0 saturated heterocycles. The average molecular weight is 194 g/mol. The van der Waals surface area contributed by atoms with Gasteiger partial charge >= 0.3 is 6.09 Å². The molecular weight excluding hydrogens is 178 g/mol. The molecule has 0 aliphatic carbocycles. The molecule has 4 heteroatoms. The molecule has 12 heavy (non-hydrogen) atoms. The summed E-state index contributed by atoms with van der Waals surface area (Å²) in [5.41, 5.74) is -0.811. The minimum absolute atomic E-state index is 0.276. The number of carbonyl (C=O) groups is 1. The lowest BCUT2D eigenvalue weighted by Crippen LogP contribution is -2.41. The van der Waals surface area contributed by atoms with Crippen LogP contribution in [-0.2, 0) is 4.74 Å². The number of alkyl carbamates (subject to hydrolysis) is 1. The molecule has 0 spiro atoms. The van der Waals surface area contributed by atoms with E-state index in [1.165, 1.54) is 0 Å². The minimum atomic E-state index is -0.535. The van der Waals surface area contributed by atoms with E-state index in [2.05, 4.69) is 5.32 Å². The molecule has 0 aromatic rings. The van der Waals surface area contributed by atoms with Crippen LogP contribution in [0, 0.1) is 0 Å². The zero-order valence-electron chi connectivity index (χ0n) is 7.98. The monoisotopic (exact) mass is 193 g/mol. The SMILES string of the molecule is CCC(Cl)OC(=O)NC(C)(C)C. The van der Waals surface area contributed by atoms with Gasteiger partial charge in [-0.25, -0.2) is 4.79 Å². The van der Waals surface area contributed by atoms with Gasteiger partial charge in [-0.2, -0.15) is 0 Å². The van der Waals surface area contributed by atoms with Gasteiger partial charge in [-0.1, -0.05) is 18.5 Å². The summed E-state index contributed by atoms with van der Waals surface area (Å²) in [7, 11) is 0. The van der Waals surface area contributed by atoms with Crippen molar-refractivity contribution in [2.75, 3.05) is 0 Å². The van der Waals surface area contributed by atoms with Crippen molar-refractivity contribution in [3.8, 4) is 0 Å². The first-order chi connectivity index (χ1) is 5.35. The second-order valence-electron chi connectivity index (χ2n) is 3.60. The van der Waals surface area contributed by atoms with Crippen LogP contribution in [0.5, 0.6) is 0 Å². The maximum absolute atomic E-state index is 11.0. The van der Waals surface area contributed by atoms with E-state index in [-0.39, 0.29) is 5.54 Å². The number of hydrogen-bond donors (Lipinski definition) is 1. The first kappa shape index (κ1) is 11.6. The van der Waals surface area contributed by atoms with E-state index in [4.69, 9.17) is 16.3 Å². The lowest BCUT2D eigenvalue weighted by molar-refractivity contribution is 0.123. The molecule has 0 aliphatic rings. The highest BCUT2D eigenvalue weighted by molar-refractivity contribution is 6.20. The van der Waals surface area contributed by atoms with Crippen LogP contribution in [0.25, 0.3) is 0 Å². The Bertz CT molecular complexity index is 154. The van der Waals surface area contributed by atoms with E-state index in [1.54, 1.807) is 0 Å². The number of hydrogen-bond acceptors (Lipinski definition) is 2. The predicted octanol–water partition coefficient (Wildman–Crippen LogP) is 2.49. The Kier molecular flexibility index (Phi) is 4.39. The predicted molar refractivity (Wildman–Crippen MR) is 49.3 cm³/mol. The van der Waals surface area contributed by atoms with E-state index in [1.807, 2.05) is 27.7 Å². The van der Waals surface area contributed by atoms with E-state index in [9.17, 15) is 4.79 Å². The number of nitrogens with one attached hydrogen (secondary N) is 1. The maximum atomic E-state index is 11.0. The third-order valence-corrected chi connectivity index (χ3v) is 1.43. The highest BCUT2D eigenvalue weighted by Gasteiger charge is 2.16. The number of alkyl halides is 1. The molecule has 1 amide bonds. The van der Waals surface area contributed by atoms with Crippen LogP contribution in [0.3, 0.4) is 0 Å². The second kappa shape index (κ2) is 4.55. The largest absolute Gasteiger partial charge is 0.430 e. The lowest BCUT2D eigenvalue weighted by atomic mass is 10.1. The maximum Gasteiger partial charge on any atom is 0.409 e. The van der Waals surface area contributed by atoms with Gasteiger partial charge in [-0.3, -0.25) is 0 Å². The highest BCUT2D eigenvalue weighted by atomic mass is 35.5. The fraction of sp³-hybridized carbons (Fsp3) is 0.875. The Hall–Kier alpha value is -0.440. The van der Waals surface area contributed by atoms with Gasteiger partial charge in [0.1, 0.15) is 0 Å². The van der Waals surface area contributed by atoms with Gasteiger partial charge in [-0.15, -0.1) is 0 Å². The lowest BCUT2D eigenvalue weighted by Gasteiger charge is -2.20. The van der Waals surface area contributed by atoms with Crippen LogP contribution in [0.2, 0.25) is 0 Å². The summed E-state index contributed by atoms with van der Waals surface area (Å²) in [5, 5.41) is 2.64. The summed E-state index contributed by atoms with van der Waals surface area (Å²) in [4.78, 5) is 11.0. The van der Waals surface area contributed by atoms with Gasteiger partial charge in [-0.05, 0) is 27.2 Å². The Morgan fingerprint density at radius 2 is 2.08 bits per heavy atom. The van der Waals surface area contributed by atoms with E-state index < -0.39 is 11.7 Å². The Morgan fingerprint density at radius 1 is 1.58 bits per heavy atom. The smallest absolute Gasteiger partial charge is 0.409 e. The molecule has 1 unspecified atom stereocenters. The molecule has 0 saturated carbocycles. The van der Waals surface area contributed by atoms with Gasteiger partial charge in [0.25, 0.3) is 0 Å². The van der Waals surface area contributed by atoms with Gasteiger partial charge in [0, 0.05) is 5.54 Å². The zero-order chi connectivity index (χ0) is 9.78. The van der Waals surface area contributed by atoms with Crippen molar-refractivity contribution >= 4 is 17.7 Å². The third-order valence-electron chi connectivity index (χ3n) is 1.03. The van der Waals surface area contributed by atoms with E-state index >= 15 is 0 Å². The summed E-state index contributed by atoms with van der Waals surface area (Å²) in [5.74, 6) is 0. The molecule has 0 bridgehead atoms. The summed E-state index contributed by atoms with van der Waals surface area (Å²) < 4.78 is 4.79. The van der Waals surface area contributed by atoms with E-state index in [0.29, 0.717) is 6.42 Å². The summed E-state index contributed by atoms with van der Waals surface area (Å²) in [6.45, 7) is 7.48. The molecule has 0 aromatic heterocycles. The van der Waals surface area contributed by atoms with Gasteiger partial charge in [0.05, 0.1) is 0 Å². The quantitative estimate of drug-likeness (QED) is 0.685. The topological polar surface area (TPSA) is 38.3 Å². The molecule has 72 valence electrons. The number of rotatable bonds is 2. The average Bonchev–Trinajstić information content (AvgIpc) is 1.82. The van der Waals surface area contributed by atoms with Crippen molar-refractivity contribution in [3.63, 3.8) is 0 Å². The Balaban J connectivity index is 3.75. The van der Waals surface area contributed by atoms with E-state index in [0.717, 1.165) is 0 Å². The molecule has 0 radical (unpaired) electrons. The second-order valence-corrected chi connectivity index (χ2v) is 4.09. The first-order valence-corrected chi connectivity index (χ1v) is 4.41. The van der Waals surface area contributed by atoms with Crippen molar-refractivity contribution in [2.24, 2.45) is 0 Å². The number of carbonyl (C=O) groups excluding carboxylic acids is 1. The molecule has 1 N–H and O–H groups in total. The summed E-state index contributed by atoms with van der Waals surface area (Å²) in [6, 6.07) is 0. The van der Waals surface area contributed by atoms with Crippen LogP contribution >= 0.6 is 11.6 Å². The van der Waals surface area contributed by atoms with Crippen molar-refractivity contribution in [3.05, 3.63) is 0 Å². The fourth-order valence-electron chi connectivity index (χ4n) is 0.535. The number of halogens is 1. The molecule has 1 atom stereocenters. The highest BCUT2D eigenvalue weighted by Crippen LogP contribution is 2.05. The van der Waals surface area contributed by atoms with Crippen LogP contribution in [0.4, 0.5) is 4.79 Å². The van der Waals surface area contributed by atoms with Crippen molar-refractivity contribution in [2.45, 2.75) is 45.2 Å². The zero-order valence-corrected chi connectivity index (χ0v) is 8.73. The molecule has 0 rings (SSSR count). The number of amides is 1. The van der Waals surface area contributed by atoms with Crippen molar-refractivity contribution in [1.29, 1.82) is 0 Å². The third kappa shape index (κ3) is 6.28. The Labute approximate surface area is 78.4 Å². The van der Waals surface area contributed by atoms with Gasteiger partial charge < -0.3 is 10.1 Å².